The van der Waals surface area contributed by atoms with Crippen LogP contribution in [0.25, 0.3) is 10.9 Å². The number of aromatic nitrogens is 2. The zero-order chi connectivity index (χ0) is 15.4. The van der Waals surface area contributed by atoms with Gasteiger partial charge in [-0.15, -0.1) is 0 Å². The van der Waals surface area contributed by atoms with Crippen LogP contribution in [0.15, 0.2) is 12.1 Å². The van der Waals surface area contributed by atoms with Crippen molar-refractivity contribution in [3.05, 3.63) is 22.7 Å². The molecule has 0 unspecified atom stereocenters. The highest BCUT2D eigenvalue weighted by molar-refractivity contribution is 6.36. The first kappa shape index (κ1) is 14.3. The second kappa shape index (κ2) is 4.66. The molecule has 1 aromatic heterocycles. The van der Waals surface area contributed by atoms with Gasteiger partial charge in [0.25, 0.3) is 5.91 Å². The number of nitrogens with one attached hydrogen (secondary N) is 1. The summed E-state index contributed by atoms with van der Waals surface area (Å²) in [5.74, 6) is -1.30. The molecule has 112 valence electrons. The van der Waals surface area contributed by atoms with Crippen molar-refractivity contribution in [2.75, 3.05) is 5.32 Å². The minimum Gasteiger partial charge on any atom is -0.304 e. The van der Waals surface area contributed by atoms with E-state index >= 15 is 0 Å². The lowest BCUT2D eigenvalue weighted by atomic mass is 9.96. The smallest absolute Gasteiger partial charge is 0.304 e. The van der Waals surface area contributed by atoms with E-state index in [-0.39, 0.29) is 11.2 Å². The van der Waals surface area contributed by atoms with E-state index in [1.165, 1.54) is 0 Å². The van der Waals surface area contributed by atoms with Crippen molar-refractivity contribution in [1.29, 1.82) is 0 Å². The molecular weight excluding hydrogens is 300 g/mol. The van der Waals surface area contributed by atoms with Crippen LogP contribution in [-0.2, 0) is 17.3 Å². The minimum absolute atomic E-state index is 0.0701. The molecule has 1 amide bonds. The highest BCUT2D eigenvalue weighted by Crippen LogP contribution is 2.51. The fourth-order valence-electron chi connectivity index (χ4n) is 2.58. The lowest BCUT2D eigenvalue weighted by Gasteiger charge is -2.12. The summed E-state index contributed by atoms with van der Waals surface area (Å²) in [5.41, 5.74) is 1.93. The molecule has 3 rings (SSSR count). The number of anilines is 1. The van der Waals surface area contributed by atoms with Crippen LogP contribution in [0.1, 0.15) is 25.3 Å². The fourth-order valence-corrected chi connectivity index (χ4v) is 2.82. The van der Waals surface area contributed by atoms with Crippen molar-refractivity contribution in [3.8, 4) is 0 Å². The van der Waals surface area contributed by atoms with E-state index in [0.29, 0.717) is 10.4 Å². The van der Waals surface area contributed by atoms with Crippen molar-refractivity contribution in [3.63, 3.8) is 0 Å². The van der Waals surface area contributed by atoms with E-state index in [4.69, 9.17) is 11.6 Å². The Bertz CT molecular complexity index is 737. The summed E-state index contributed by atoms with van der Waals surface area (Å²) in [7, 11) is 1.71. The molecular formula is C14H14ClF2N3O. The molecule has 7 heteroatoms. The van der Waals surface area contributed by atoms with E-state index in [0.717, 1.165) is 23.9 Å². The number of alkyl halides is 2. The Morgan fingerprint density at radius 1 is 1.48 bits per heavy atom. The van der Waals surface area contributed by atoms with Crippen molar-refractivity contribution in [1.82, 2.24) is 9.78 Å². The van der Waals surface area contributed by atoms with Crippen LogP contribution >= 0.6 is 11.6 Å². The molecule has 1 aliphatic rings. The Morgan fingerprint density at radius 2 is 2.14 bits per heavy atom. The lowest BCUT2D eigenvalue weighted by molar-refractivity contribution is -0.126. The van der Waals surface area contributed by atoms with Crippen LogP contribution in [0.2, 0.25) is 5.02 Å². The maximum Gasteiger partial charge on any atom is 0.315 e. The summed E-state index contributed by atoms with van der Waals surface area (Å²) in [6.07, 6.45) is -0.966. The molecule has 1 aromatic carbocycles. The first-order valence-corrected chi connectivity index (χ1v) is 6.96. The van der Waals surface area contributed by atoms with Crippen molar-refractivity contribution in [2.45, 2.75) is 31.6 Å². The number of amides is 1. The normalized spacial score (nSPS) is 16.5. The van der Waals surface area contributed by atoms with Gasteiger partial charge in [-0.1, -0.05) is 24.6 Å². The summed E-state index contributed by atoms with van der Waals surface area (Å²) in [4.78, 5) is 11.2. The summed E-state index contributed by atoms with van der Waals surface area (Å²) >= 11 is 6.19. The number of fused-ring (bicyclic) bond motifs is 1. The monoisotopic (exact) mass is 313 g/mol. The van der Waals surface area contributed by atoms with Crippen molar-refractivity contribution < 1.29 is 13.6 Å². The summed E-state index contributed by atoms with van der Waals surface area (Å²) in [5, 5.41) is 7.18. The third-order valence-electron chi connectivity index (χ3n) is 4.03. The van der Waals surface area contributed by atoms with Gasteiger partial charge >= 0.3 is 6.43 Å². The topological polar surface area (TPSA) is 46.9 Å². The van der Waals surface area contributed by atoms with Gasteiger partial charge in [-0.25, -0.2) is 0 Å². The first-order chi connectivity index (χ1) is 9.83. The zero-order valence-electron chi connectivity index (χ0n) is 11.6. The number of aryl methyl sites for hydroxylation is 1. The Hall–Kier alpha value is -1.69. The largest absolute Gasteiger partial charge is 0.315 e. The molecule has 0 saturated heterocycles. The van der Waals surface area contributed by atoms with Gasteiger partial charge in [0, 0.05) is 7.05 Å². The van der Waals surface area contributed by atoms with Gasteiger partial charge in [0.15, 0.2) is 5.82 Å². The minimum atomic E-state index is -3.09. The average Bonchev–Trinajstić information content (AvgIpc) is 3.07. The summed E-state index contributed by atoms with van der Waals surface area (Å²) < 4.78 is 26.4. The maximum atomic E-state index is 12.4. The molecule has 1 aliphatic carbocycles. The number of nitrogens with zero attached hydrogens (tertiary/aromatic N) is 2. The number of hydrogen-bond acceptors (Lipinski definition) is 2. The number of carbonyl (C=O) groups excluding carboxylic acids is 1. The first-order valence-electron chi connectivity index (χ1n) is 6.58. The molecule has 0 bridgehead atoms. The number of hydrogen-bond donors (Lipinski definition) is 1. The van der Waals surface area contributed by atoms with Gasteiger partial charge in [0.2, 0.25) is 0 Å². The Labute approximate surface area is 125 Å². The molecule has 0 radical (unpaired) electrons. The second-order valence-corrected chi connectivity index (χ2v) is 6.05. The van der Waals surface area contributed by atoms with Crippen LogP contribution in [0.4, 0.5) is 14.6 Å². The summed E-state index contributed by atoms with van der Waals surface area (Å²) in [6, 6.07) is 3.67. The van der Waals surface area contributed by atoms with Gasteiger partial charge in [-0.3, -0.25) is 9.48 Å². The fraction of sp³-hybridized carbons (Fsp3) is 0.429. The highest BCUT2D eigenvalue weighted by atomic mass is 35.5. The predicted octanol–water partition coefficient (Wildman–Crippen LogP) is 3.48. The van der Waals surface area contributed by atoms with E-state index in [1.807, 2.05) is 6.07 Å². The molecule has 0 spiro atoms. The molecule has 4 nitrogen and oxygen atoms in total. The molecule has 1 fully saturated rings. The van der Waals surface area contributed by atoms with Gasteiger partial charge in [0.05, 0.1) is 15.9 Å². The number of halogens is 3. The number of carbonyl (C=O) groups is 1. The molecule has 1 heterocycles. The molecule has 2 aromatic rings. The summed E-state index contributed by atoms with van der Waals surface area (Å²) in [6.45, 7) is 2.14. The van der Waals surface area contributed by atoms with Crippen LogP contribution in [-0.4, -0.2) is 22.1 Å². The van der Waals surface area contributed by atoms with Crippen molar-refractivity contribution in [2.24, 2.45) is 7.05 Å². The van der Waals surface area contributed by atoms with E-state index in [1.54, 1.807) is 17.8 Å². The third-order valence-corrected chi connectivity index (χ3v) is 4.34. The van der Waals surface area contributed by atoms with E-state index < -0.39 is 12.3 Å². The number of rotatable bonds is 3. The van der Waals surface area contributed by atoms with E-state index in [2.05, 4.69) is 17.3 Å². The molecule has 0 atom stereocenters. The molecule has 1 N–H and O–H groups in total. The Kier molecular flexibility index (Phi) is 3.16. The maximum absolute atomic E-state index is 12.4. The highest BCUT2D eigenvalue weighted by Gasteiger charge is 2.41. The van der Waals surface area contributed by atoms with Crippen LogP contribution in [0, 0.1) is 0 Å². The van der Waals surface area contributed by atoms with Crippen LogP contribution < -0.4 is 5.32 Å². The van der Waals surface area contributed by atoms with Gasteiger partial charge in [-0.2, -0.15) is 13.9 Å². The Balaban J connectivity index is 2.18. The Morgan fingerprint density at radius 3 is 2.71 bits per heavy atom. The standard InChI is InChI=1S/C14H14ClF2N3O/c1-14(5-6-14)7-3-4-8(15)9-10(7)20(2)19-12(9)18-13(21)11(16)17/h3-4,11H,5-6H2,1-2H3,(H,18,19,21). The lowest BCUT2D eigenvalue weighted by Crippen LogP contribution is -2.20. The third kappa shape index (κ3) is 2.27. The molecule has 1 saturated carbocycles. The van der Waals surface area contributed by atoms with Gasteiger partial charge in [0.1, 0.15) is 0 Å². The zero-order valence-corrected chi connectivity index (χ0v) is 12.3. The second-order valence-electron chi connectivity index (χ2n) is 5.64. The van der Waals surface area contributed by atoms with Crippen LogP contribution in [0.5, 0.6) is 0 Å². The SMILES string of the molecule is Cn1nc(NC(=O)C(F)F)c2c(Cl)ccc(C3(C)CC3)c21. The van der Waals surface area contributed by atoms with Gasteiger partial charge < -0.3 is 5.32 Å². The molecule has 21 heavy (non-hydrogen) atoms. The molecule has 0 aliphatic heterocycles. The van der Waals surface area contributed by atoms with E-state index in [9.17, 15) is 13.6 Å². The average molecular weight is 314 g/mol. The number of benzene rings is 1. The predicted molar refractivity (Wildman–Crippen MR) is 76.9 cm³/mol. The van der Waals surface area contributed by atoms with Gasteiger partial charge in [-0.05, 0) is 29.9 Å². The quantitative estimate of drug-likeness (QED) is 0.943. The van der Waals surface area contributed by atoms with Crippen molar-refractivity contribution >= 4 is 34.2 Å². The van der Waals surface area contributed by atoms with Crippen LogP contribution in [0.3, 0.4) is 0 Å².